The molecule has 3 aromatic carbocycles. The van der Waals surface area contributed by atoms with Crippen LogP contribution in [0.15, 0.2) is 77.7 Å². The first-order valence-corrected chi connectivity index (χ1v) is 12.3. The zero-order chi connectivity index (χ0) is 24.3. The highest BCUT2D eigenvalue weighted by Gasteiger charge is 2.08. The summed E-state index contributed by atoms with van der Waals surface area (Å²) in [4.78, 5) is 23.8. The predicted molar refractivity (Wildman–Crippen MR) is 136 cm³/mol. The Hall–Kier alpha value is -3.56. The summed E-state index contributed by atoms with van der Waals surface area (Å²) in [6, 6.07) is 25.8. The first-order chi connectivity index (χ1) is 16.4. The van der Waals surface area contributed by atoms with Crippen LogP contribution < -0.4 is 5.32 Å². The lowest BCUT2D eigenvalue weighted by atomic mass is 10.0. The minimum Gasteiger partial charge on any atom is -0.481 e. The summed E-state index contributed by atoms with van der Waals surface area (Å²) in [6.45, 7) is 2.38. The number of hydrogen-bond donors (Lipinski definition) is 2. The van der Waals surface area contributed by atoms with E-state index in [0.717, 1.165) is 29.7 Å². The van der Waals surface area contributed by atoms with Gasteiger partial charge in [-0.05, 0) is 71.8 Å². The number of carboxylic acid groups (broad SMARTS) is 1. The Morgan fingerprint density at radius 3 is 2.18 bits per heavy atom. The maximum absolute atomic E-state index is 12.0. The second-order valence-electron chi connectivity index (χ2n) is 8.26. The molecule has 2 N–H and O–H groups in total. The third-order valence-corrected chi connectivity index (χ3v) is 6.84. The normalized spacial score (nSPS) is 11.4. The number of amides is 1. The van der Waals surface area contributed by atoms with Crippen molar-refractivity contribution in [1.29, 1.82) is 5.26 Å². The topological polar surface area (TPSA) is 90.2 Å². The fourth-order valence-corrected chi connectivity index (χ4v) is 4.40. The fraction of sp³-hybridized carbons (Fsp3) is 0.250. The van der Waals surface area contributed by atoms with Crippen molar-refractivity contribution in [2.45, 2.75) is 31.1 Å². The van der Waals surface area contributed by atoms with Crippen LogP contribution in [0.25, 0.3) is 11.1 Å². The zero-order valence-electron chi connectivity index (χ0n) is 19.2. The number of carbonyl (C=O) groups is 2. The summed E-state index contributed by atoms with van der Waals surface area (Å²) >= 11 is 1.85. The minimum atomic E-state index is -0.928. The molecule has 0 aliphatic heterocycles. The first-order valence-electron chi connectivity index (χ1n) is 11.3. The highest BCUT2D eigenvalue weighted by Crippen LogP contribution is 2.27. The van der Waals surface area contributed by atoms with Gasteiger partial charge in [-0.15, -0.1) is 11.8 Å². The van der Waals surface area contributed by atoms with Gasteiger partial charge in [0.2, 0.25) is 0 Å². The SMILES string of the molecule is CC(CCc1ccc(C(=O)NCCC(=O)O)cc1)CSc1ccc(-c2ccc(C#N)cc2)cc1. The van der Waals surface area contributed by atoms with Crippen molar-refractivity contribution in [3.05, 3.63) is 89.5 Å². The number of rotatable bonds is 11. The number of benzene rings is 3. The average molecular weight is 473 g/mol. The molecule has 174 valence electrons. The van der Waals surface area contributed by atoms with E-state index >= 15 is 0 Å². The van der Waals surface area contributed by atoms with Crippen LogP contribution in [0.5, 0.6) is 0 Å². The van der Waals surface area contributed by atoms with Crippen molar-refractivity contribution in [1.82, 2.24) is 5.32 Å². The molecule has 3 aromatic rings. The highest BCUT2D eigenvalue weighted by atomic mass is 32.2. The van der Waals surface area contributed by atoms with Crippen LogP contribution in [0.4, 0.5) is 0 Å². The van der Waals surface area contributed by atoms with Crippen LogP contribution >= 0.6 is 11.8 Å². The van der Waals surface area contributed by atoms with Crippen molar-refractivity contribution in [3.8, 4) is 17.2 Å². The van der Waals surface area contributed by atoms with E-state index < -0.39 is 5.97 Å². The molecular formula is C28H28N2O3S. The number of thioether (sulfide) groups is 1. The van der Waals surface area contributed by atoms with E-state index in [4.69, 9.17) is 10.4 Å². The van der Waals surface area contributed by atoms with Gasteiger partial charge in [0, 0.05) is 22.8 Å². The molecule has 0 bridgehead atoms. The third-order valence-electron chi connectivity index (χ3n) is 5.50. The lowest BCUT2D eigenvalue weighted by Gasteiger charge is -2.12. The maximum Gasteiger partial charge on any atom is 0.305 e. The second-order valence-corrected chi connectivity index (χ2v) is 9.36. The van der Waals surface area contributed by atoms with Gasteiger partial charge >= 0.3 is 5.97 Å². The Bertz CT molecular complexity index is 1130. The number of aliphatic carboxylic acids is 1. The van der Waals surface area contributed by atoms with Gasteiger partial charge in [-0.25, -0.2) is 0 Å². The molecule has 34 heavy (non-hydrogen) atoms. The van der Waals surface area contributed by atoms with E-state index in [1.54, 1.807) is 12.1 Å². The lowest BCUT2D eigenvalue weighted by molar-refractivity contribution is -0.136. The third kappa shape index (κ3) is 7.79. The molecule has 3 rings (SSSR count). The van der Waals surface area contributed by atoms with Gasteiger partial charge in [0.25, 0.3) is 5.91 Å². The van der Waals surface area contributed by atoms with Crippen LogP contribution in [0, 0.1) is 17.2 Å². The molecule has 0 saturated heterocycles. The monoisotopic (exact) mass is 472 g/mol. The number of hydrogen-bond acceptors (Lipinski definition) is 4. The number of nitrogens with zero attached hydrogens (tertiary/aromatic N) is 1. The molecule has 0 aromatic heterocycles. The minimum absolute atomic E-state index is 0.0823. The Balaban J connectivity index is 1.41. The van der Waals surface area contributed by atoms with Crippen molar-refractivity contribution in [3.63, 3.8) is 0 Å². The summed E-state index contributed by atoms with van der Waals surface area (Å²) in [6.07, 6.45) is 1.92. The summed E-state index contributed by atoms with van der Waals surface area (Å²) < 4.78 is 0. The first kappa shape index (κ1) is 25.1. The number of aryl methyl sites for hydroxylation is 1. The van der Waals surface area contributed by atoms with E-state index in [9.17, 15) is 9.59 Å². The molecule has 0 saturated carbocycles. The molecule has 1 amide bonds. The number of carboxylic acids is 1. The van der Waals surface area contributed by atoms with Crippen molar-refractivity contribution in [2.24, 2.45) is 5.92 Å². The van der Waals surface area contributed by atoms with Crippen LogP contribution in [-0.4, -0.2) is 29.3 Å². The van der Waals surface area contributed by atoms with E-state index in [-0.39, 0.29) is 18.9 Å². The van der Waals surface area contributed by atoms with E-state index in [1.807, 2.05) is 48.2 Å². The van der Waals surface area contributed by atoms with Crippen molar-refractivity contribution < 1.29 is 14.7 Å². The van der Waals surface area contributed by atoms with E-state index in [1.165, 1.54) is 10.5 Å². The van der Waals surface area contributed by atoms with Crippen LogP contribution in [0.2, 0.25) is 0 Å². The van der Waals surface area contributed by atoms with Gasteiger partial charge in [0.15, 0.2) is 0 Å². The maximum atomic E-state index is 12.0. The lowest BCUT2D eigenvalue weighted by Crippen LogP contribution is -2.25. The molecule has 5 nitrogen and oxygen atoms in total. The van der Waals surface area contributed by atoms with Gasteiger partial charge < -0.3 is 10.4 Å². The van der Waals surface area contributed by atoms with Gasteiger partial charge in [0.05, 0.1) is 18.1 Å². The average Bonchev–Trinajstić information content (AvgIpc) is 2.86. The summed E-state index contributed by atoms with van der Waals surface area (Å²) in [7, 11) is 0. The summed E-state index contributed by atoms with van der Waals surface area (Å²) in [5, 5.41) is 20.2. The summed E-state index contributed by atoms with van der Waals surface area (Å²) in [5.41, 5.74) is 4.64. The largest absolute Gasteiger partial charge is 0.481 e. The number of carbonyl (C=O) groups excluding carboxylic acids is 1. The molecule has 0 fully saturated rings. The van der Waals surface area contributed by atoms with Crippen molar-refractivity contribution >= 4 is 23.6 Å². The zero-order valence-corrected chi connectivity index (χ0v) is 20.0. The molecular weight excluding hydrogens is 444 g/mol. The Labute approximate surface area is 204 Å². The van der Waals surface area contributed by atoms with Crippen LogP contribution in [0.1, 0.15) is 41.3 Å². The molecule has 0 aliphatic rings. The standard InChI is InChI=1S/C28H28N2O3S/c1-20(2-3-21-4-10-25(11-5-21)28(33)30-17-16-27(31)32)19-34-26-14-12-24(13-15-26)23-8-6-22(18-29)7-9-23/h4-15,20H,2-3,16-17,19H2,1H3,(H,30,33)(H,31,32). The fourth-order valence-electron chi connectivity index (χ4n) is 3.42. The quantitative estimate of drug-likeness (QED) is 0.345. The van der Waals surface area contributed by atoms with Crippen LogP contribution in [-0.2, 0) is 11.2 Å². The Morgan fingerprint density at radius 1 is 0.971 bits per heavy atom. The Kier molecular flexibility index (Phi) is 9.30. The van der Waals surface area contributed by atoms with Gasteiger partial charge in [-0.2, -0.15) is 5.26 Å². The number of nitriles is 1. The molecule has 1 atom stereocenters. The van der Waals surface area contributed by atoms with Gasteiger partial charge in [0.1, 0.15) is 0 Å². The molecule has 1 unspecified atom stereocenters. The number of nitrogens with one attached hydrogen (secondary N) is 1. The molecule has 0 radical (unpaired) electrons. The van der Waals surface area contributed by atoms with Gasteiger partial charge in [-0.3, -0.25) is 9.59 Å². The predicted octanol–water partition coefficient (Wildman–Crippen LogP) is 5.79. The molecule has 0 spiro atoms. The molecule has 0 heterocycles. The summed E-state index contributed by atoms with van der Waals surface area (Å²) in [5.74, 6) is 0.397. The second kappa shape index (κ2) is 12.6. The van der Waals surface area contributed by atoms with Crippen LogP contribution in [0.3, 0.4) is 0 Å². The highest BCUT2D eigenvalue weighted by molar-refractivity contribution is 7.99. The van der Waals surface area contributed by atoms with E-state index in [0.29, 0.717) is 17.0 Å². The van der Waals surface area contributed by atoms with Crippen molar-refractivity contribution in [2.75, 3.05) is 12.3 Å². The Morgan fingerprint density at radius 2 is 1.59 bits per heavy atom. The molecule has 6 heteroatoms. The van der Waals surface area contributed by atoms with E-state index in [2.05, 4.69) is 42.6 Å². The van der Waals surface area contributed by atoms with Gasteiger partial charge in [-0.1, -0.05) is 43.3 Å². The smallest absolute Gasteiger partial charge is 0.305 e. The molecule has 0 aliphatic carbocycles.